The van der Waals surface area contributed by atoms with Gasteiger partial charge in [-0.05, 0) is 25.7 Å². The molecule has 0 bridgehead atoms. The van der Waals surface area contributed by atoms with E-state index in [1.807, 2.05) is 7.11 Å². The van der Waals surface area contributed by atoms with Crippen LogP contribution in [-0.4, -0.2) is 15.7 Å². The summed E-state index contributed by atoms with van der Waals surface area (Å²) in [5, 5.41) is 0. The van der Waals surface area contributed by atoms with Gasteiger partial charge in [-0.1, -0.05) is 38.7 Å². The molecule has 0 aliphatic heterocycles. The average Bonchev–Trinajstić information content (AvgIpc) is 2.91. The zero-order chi connectivity index (χ0) is 12.1. The Balaban J connectivity index is 2.16. The van der Waals surface area contributed by atoms with E-state index in [-0.39, 0.29) is 0 Å². The predicted octanol–water partition coefficient (Wildman–Crippen LogP) is 4.51. The minimum atomic E-state index is -2.05. The number of hydrogen-bond acceptors (Lipinski definition) is 2. The van der Waals surface area contributed by atoms with Gasteiger partial charge in [-0.15, -0.1) is 0 Å². The van der Waals surface area contributed by atoms with Crippen LogP contribution in [0.5, 0.6) is 0 Å². The van der Waals surface area contributed by atoms with Gasteiger partial charge in [-0.3, -0.25) is 0 Å². The Morgan fingerprint density at radius 2 is 1.41 bits per heavy atom. The molecule has 0 heterocycles. The first-order valence-electron chi connectivity index (χ1n) is 7.17. The monoisotopic (exact) mass is 254 g/mol. The van der Waals surface area contributed by atoms with Crippen molar-refractivity contribution in [1.29, 1.82) is 0 Å². The second-order valence-electron chi connectivity index (χ2n) is 5.53. The Kier molecular flexibility index (Phi) is 4.68. The van der Waals surface area contributed by atoms with E-state index in [9.17, 15) is 0 Å². The summed E-state index contributed by atoms with van der Waals surface area (Å²) < 4.78 is 12.1. The molecule has 2 saturated carbocycles. The van der Waals surface area contributed by atoms with Gasteiger partial charge in [0.2, 0.25) is 0 Å². The van der Waals surface area contributed by atoms with Crippen LogP contribution in [0.1, 0.15) is 57.8 Å². The Labute approximate surface area is 107 Å². The molecule has 0 saturated heterocycles. The molecule has 0 aromatic heterocycles. The second-order valence-corrected chi connectivity index (χ2v) is 9.25. The van der Waals surface area contributed by atoms with E-state index in [1.54, 1.807) is 6.26 Å². The molecule has 0 aromatic rings. The molecule has 0 amide bonds. The van der Waals surface area contributed by atoms with Gasteiger partial charge in [0.25, 0.3) is 0 Å². The predicted molar refractivity (Wildman–Crippen MR) is 73.1 cm³/mol. The van der Waals surface area contributed by atoms with Crippen molar-refractivity contribution in [3.05, 3.63) is 12.8 Å². The highest BCUT2D eigenvalue weighted by molar-refractivity contribution is 6.70. The summed E-state index contributed by atoms with van der Waals surface area (Å²) in [6, 6.07) is 0. The Morgan fingerprint density at radius 3 is 1.82 bits per heavy atom. The summed E-state index contributed by atoms with van der Waals surface area (Å²) in [7, 11) is -0.176. The molecule has 98 valence electrons. The summed E-state index contributed by atoms with van der Waals surface area (Å²) in [6.07, 6.45) is 13.7. The highest BCUT2D eigenvalue weighted by Crippen LogP contribution is 2.49. The van der Waals surface area contributed by atoms with Crippen molar-refractivity contribution in [2.75, 3.05) is 7.11 Å². The van der Waals surface area contributed by atoms with E-state index in [4.69, 9.17) is 8.85 Å². The quantitative estimate of drug-likeness (QED) is 0.531. The third-order valence-electron chi connectivity index (χ3n) is 4.68. The van der Waals surface area contributed by atoms with Gasteiger partial charge >= 0.3 is 8.56 Å². The molecule has 1 atom stereocenters. The fourth-order valence-electron chi connectivity index (χ4n) is 3.87. The third kappa shape index (κ3) is 2.60. The molecular formula is C14H26O2Si. The van der Waals surface area contributed by atoms with Crippen LogP contribution in [0.3, 0.4) is 0 Å². The molecule has 2 nitrogen and oxygen atoms in total. The largest absolute Gasteiger partial charge is 0.527 e. The van der Waals surface area contributed by atoms with Crippen molar-refractivity contribution in [2.24, 2.45) is 0 Å². The molecular weight excluding hydrogens is 228 g/mol. The van der Waals surface area contributed by atoms with Gasteiger partial charge in [-0.25, -0.2) is 0 Å². The van der Waals surface area contributed by atoms with Crippen LogP contribution in [-0.2, 0) is 8.85 Å². The van der Waals surface area contributed by atoms with E-state index < -0.39 is 8.56 Å². The van der Waals surface area contributed by atoms with Crippen molar-refractivity contribution in [3.8, 4) is 0 Å². The highest BCUT2D eigenvalue weighted by Gasteiger charge is 2.53. The molecule has 2 rings (SSSR count). The van der Waals surface area contributed by atoms with Crippen LogP contribution < -0.4 is 0 Å². The fraction of sp³-hybridized carbons (Fsp3) is 0.857. The van der Waals surface area contributed by atoms with Crippen LogP contribution in [0.2, 0.25) is 11.1 Å². The fourth-order valence-corrected chi connectivity index (χ4v) is 8.37. The van der Waals surface area contributed by atoms with Gasteiger partial charge in [0, 0.05) is 18.2 Å². The maximum atomic E-state index is 6.08. The Morgan fingerprint density at radius 1 is 0.941 bits per heavy atom. The summed E-state index contributed by atoms with van der Waals surface area (Å²) in [5.74, 6) is 0. The van der Waals surface area contributed by atoms with Crippen molar-refractivity contribution in [3.63, 3.8) is 0 Å². The van der Waals surface area contributed by atoms with E-state index in [1.165, 1.54) is 57.8 Å². The van der Waals surface area contributed by atoms with Gasteiger partial charge < -0.3 is 8.85 Å². The lowest BCUT2D eigenvalue weighted by molar-refractivity contribution is 0.226. The van der Waals surface area contributed by atoms with E-state index in [0.717, 1.165) is 0 Å². The standard InChI is InChI=1S/C14H26O2Si/c1-3-16-17(15-2,14-11-7-8-12-14)13-9-5-4-6-10-13/h3,13-14H,1,4-12H2,2H3. The molecule has 0 spiro atoms. The first-order chi connectivity index (χ1) is 8.33. The van der Waals surface area contributed by atoms with Crippen molar-refractivity contribution < 1.29 is 8.85 Å². The van der Waals surface area contributed by atoms with E-state index >= 15 is 0 Å². The topological polar surface area (TPSA) is 18.5 Å². The van der Waals surface area contributed by atoms with E-state index in [2.05, 4.69) is 6.58 Å². The highest BCUT2D eigenvalue weighted by atomic mass is 28.4. The van der Waals surface area contributed by atoms with Crippen LogP contribution in [0.4, 0.5) is 0 Å². The first kappa shape index (κ1) is 13.2. The van der Waals surface area contributed by atoms with Crippen molar-refractivity contribution in [1.82, 2.24) is 0 Å². The summed E-state index contributed by atoms with van der Waals surface area (Å²) in [4.78, 5) is 0. The molecule has 2 fully saturated rings. The minimum absolute atomic E-state index is 0.697. The van der Waals surface area contributed by atoms with Gasteiger partial charge in [0.05, 0.1) is 6.26 Å². The number of hydrogen-bond donors (Lipinski definition) is 0. The zero-order valence-electron chi connectivity index (χ0n) is 11.1. The molecule has 17 heavy (non-hydrogen) atoms. The lowest BCUT2D eigenvalue weighted by Crippen LogP contribution is -2.49. The molecule has 0 radical (unpaired) electrons. The first-order valence-corrected chi connectivity index (χ1v) is 9.14. The third-order valence-corrected chi connectivity index (χ3v) is 9.29. The molecule has 3 heteroatoms. The van der Waals surface area contributed by atoms with Crippen LogP contribution in [0.15, 0.2) is 12.8 Å². The molecule has 2 aliphatic carbocycles. The average molecular weight is 254 g/mol. The summed E-state index contributed by atoms with van der Waals surface area (Å²) in [6.45, 7) is 3.79. The molecule has 2 aliphatic rings. The maximum Gasteiger partial charge on any atom is 0.404 e. The van der Waals surface area contributed by atoms with Crippen LogP contribution in [0.25, 0.3) is 0 Å². The molecule has 0 N–H and O–H groups in total. The van der Waals surface area contributed by atoms with Gasteiger partial charge in [0.15, 0.2) is 0 Å². The lowest BCUT2D eigenvalue weighted by Gasteiger charge is -2.41. The van der Waals surface area contributed by atoms with Crippen LogP contribution >= 0.6 is 0 Å². The zero-order valence-corrected chi connectivity index (χ0v) is 12.1. The lowest BCUT2D eigenvalue weighted by atomic mass is 10.0. The van der Waals surface area contributed by atoms with E-state index in [0.29, 0.717) is 11.1 Å². The second kappa shape index (κ2) is 6.05. The van der Waals surface area contributed by atoms with Gasteiger partial charge in [-0.2, -0.15) is 0 Å². The Bertz CT molecular complexity index is 245. The molecule has 0 aromatic carbocycles. The summed E-state index contributed by atoms with van der Waals surface area (Å²) >= 11 is 0. The van der Waals surface area contributed by atoms with Crippen molar-refractivity contribution in [2.45, 2.75) is 68.9 Å². The molecule has 1 unspecified atom stereocenters. The number of rotatable bonds is 5. The maximum absolute atomic E-state index is 6.08. The SMILES string of the molecule is C=CO[Si](OC)(C1CCCCC1)C1CCCC1. The van der Waals surface area contributed by atoms with Gasteiger partial charge in [0.1, 0.15) is 0 Å². The normalized spacial score (nSPS) is 26.6. The minimum Gasteiger partial charge on any atom is -0.527 e. The van der Waals surface area contributed by atoms with Crippen LogP contribution in [0, 0.1) is 0 Å². The Hall–Kier alpha value is -0.283. The smallest absolute Gasteiger partial charge is 0.404 e. The summed E-state index contributed by atoms with van der Waals surface area (Å²) in [5.41, 5.74) is 1.40. The van der Waals surface area contributed by atoms with Crippen molar-refractivity contribution >= 4 is 8.56 Å².